The molecule has 32 heavy (non-hydrogen) atoms. The van der Waals surface area contributed by atoms with Crippen LogP contribution in [-0.2, 0) is 10.0 Å². The van der Waals surface area contributed by atoms with E-state index >= 15 is 0 Å². The SMILES string of the molecule is CCOc1ccccc1-c1c(O)n(S(=O)(=O)c2ccc(F)cc2F)c2ccc(C#N)cc12. The van der Waals surface area contributed by atoms with Crippen LogP contribution < -0.4 is 4.74 Å². The summed E-state index contributed by atoms with van der Waals surface area (Å²) in [5, 5.41) is 20.7. The van der Waals surface area contributed by atoms with E-state index in [1.165, 1.54) is 18.2 Å². The molecule has 0 amide bonds. The van der Waals surface area contributed by atoms with Crippen molar-refractivity contribution in [3.05, 3.63) is 77.9 Å². The first-order valence-electron chi connectivity index (χ1n) is 9.50. The molecule has 0 spiro atoms. The summed E-state index contributed by atoms with van der Waals surface area (Å²) in [5.41, 5.74) is 0.745. The Hall–Kier alpha value is -3.90. The van der Waals surface area contributed by atoms with Crippen molar-refractivity contribution < 1.29 is 27.0 Å². The number of rotatable bonds is 5. The molecule has 162 valence electrons. The number of nitriles is 1. The van der Waals surface area contributed by atoms with E-state index < -0.39 is 32.4 Å². The molecule has 0 saturated carbocycles. The molecule has 0 unspecified atom stereocenters. The Morgan fingerprint density at radius 1 is 1.09 bits per heavy atom. The zero-order valence-electron chi connectivity index (χ0n) is 16.7. The second-order valence-electron chi connectivity index (χ2n) is 6.82. The predicted molar refractivity (Wildman–Crippen MR) is 114 cm³/mol. The van der Waals surface area contributed by atoms with Crippen molar-refractivity contribution in [2.24, 2.45) is 0 Å². The highest BCUT2D eigenvalue weighted by molar-refractivity contribution is 7.90. The Bertz CT molecular complexity index is 1500. The third kappa shape index (κ3) is 3.35. The van der Waals surface area contributed by atoms with Gasteiger partial charge in [0.15, 0.2) is 0 Å². The number of para-hydroxylation sites is 1. The normalized spacial score (nSPS) is 11.4. The molecule has 0 bridgehead atoms. The van der Waals surface area contributed by atoms with Crippen molar-refractivity contribution in [2.45, 2.75) is 11.8 Å². The molecule has 0 saturated heterocycles. The van der Waals surface area contributed by atoms with Crippen LogP contribution in [0.4, 0.5) is 8.78 Å². The monoisotopic (exact) mass is 454 g/mol. The average Bonchev–Trinajstić information content (AvgIpc) is 3.05. The summed E-state index contributed by atoms with van der Waals surface area (Å²) >= 11 is 0. The van der Waals surface area contributed by atoms with Crippen molar-refractivity contribution in [3.8, 4) is 28.8 Å². The lowest BCUT2D eigenvalue weighted by atomic mass is 10.0. The maximum absolute atomic E-state index is 14.4. The van der Waals surface area contributed by atoms with Crippen LogP contribution in [0.5, 0.6) is 11.6 Å². The summed E-state index contributed by atoms with van der Waals surface area (Å²) in [7, 11) is -4.67. The smallest absolute Gasteiger partial charge is 0.273 e. The van der Waals surface area contributed by atoms with Crippen molar-refractivity contribution in [1.29, 1.82) is 5.26 Å². The second kappa shape index (κ2) is 7.98. The van der Waals surface area contributed by atoms with Crippen LogP contribution in [0.1, 0.15) is 12.5 Å². The second-order valence-corrected chi connectivity index (χ2v) is 8.57. The molecule has 3 aromatic carbocycles. The average molecular weight is 454 g/mol. The molecule has 0 radical (unpaired) electrons. The van der Waals surface area contributed by atoms with Gasteiger partial charge in [-0.1, -0.05) is 18.2 Å². The summed E-state index contributed by atoms with van der Waals surface area (Å²) < 4.78 is 60.7. The highest BCUT2D eigenvalue weighted by Crippen LogP contribution is 2.45. The third-order valence-electron chi connectivity index (χ3n) is 4.90. The summed E-state index contributed by atoms with van der Waals surface area (Å²) in [6, 6.07) is 14.9. The fraction of sp³-hybridized carbons (Fsp3) is 0.0870. The molecule has 1 N–H and O–H groups in total. The molecule has 0 aliphatic rings. The molecule has 1 heterocycles. The molecular weight excluding hydrogens is 438 g/mol. The van der Waals surface area contributed by atoms with Crippen LogP contribution in [0.25, 0.3) is 22.0 Å². The highest BCUT2D eigenvalue weighted by atomic mass is 32.2. The van der Waals surface area contributed by atoms with Gasteiger partial charge in [-0.15, -0.1) is 0 Å². The van der Waals surface area contributed by atoms with Gasteiger partial charge >= 0.3 is 0 Å². The number of fused-ring (bicyclic) bond motifs is 1. The van der Waals surface area contributed by atoms with Gasteiger partial charge in [-0.05, 0) is 43.3 Å². The lowest BCUT2D eigenvalue weighted by Crippen LogP contribution is -2.14. The van der Waals surface area contributed by atoms with E-state index in [4.69, 9.17) is 4.74 Å². The maximum Gasteiger partial charge on any atom is 0.273 e. The molecule has 6 nitrogen and oxygen atoms in total. The highest BCUT2D eigenvalue weighted by Gasteiger charge is 2.31. The van der Waals surface area contributed by atoms with Crippen LogP contribution in [0.2, 0.25) is 0 Å². The fourth-order valence-corrected chi connectivity index (χ4v) is 5.04. The minimum atomic E-state index is -4.67. The number of hydrogen-bond acceptors (Lipinski definition) is 5. The van der Waals surface area contributed by atoms with E-state index in [1.807, 2.05) is 6.07 Å². The Balaban J connectivity index is 2.11. The molecule has 0 aliphatic heterocycles. The first kappa shape index (κ1) is 21.3. The van der Waals surface area contributed by atoms with E-state index in [0.717, 1.165) is 12.1 Å². The number of aromatic hydroxyl groups is 1. The number of benzene rings is 3. The molecular formula is C23H16F2N2O4S. The molecule has 4 aromatic rings. The van der Waals surface area contributed by atoms with E-state index in [0.29, 0.717) is 28.0 Å². The number of nitrogens with zero attached hydrogens (tertiary/aromatic N) is 2. The van der Waals surface area contributed by atoms with Crippen molar-refractivity contribution in [3.63, 3.8) is 0 Å². The number of hydrogen-bond donors (Lipinski definition) is 1. The summed E-state index contributed by atoms with van der Waals surface area (Å²) in [6.45, 7) is 2.09. The van der Waals surface area contributed by atoms with Gasteiger partial charge in [-0.25, -0.2) is 21.2 Å². The topological polar surface area (TPSA) is 92.3 Å². The van der Waals surface area contributed by atoms with Gasteiger partial charge in [0.1, 0.15) is 22.3 Å². The zero-order chi connectivity index (χ0) is 23.0. The van der Waals surface area contributed by atoms with Gasteiger partial charge in [0.2, 0.25) is 5.88 Å². The van der Waals surface area contributed by atoms with E-state index in [-0.39, 0.29) is 22.0 Å². The summed E-state index contributed by atoms with van der Waals surface area (Å²) in [6.07, 6.45) is 0. The largest absolute Gasteiger partial charge is 0.493 e. The first-order chi connectivity index (χ1) is 15.3. The van der Waals surface area contributed by atoms with Crippen LogP contribution in [0.15, 0.2) is 65.6 Å². The number of ether oxygens (including phenoxy) is 1. The van der Waals surface area contributed by atoms with Gasteiger partial charge in [0.05, 0.1) is 29.3 Å². The maximum atomic E-state index is 14.4. The van der Waals surface area contributed by atoms with Gasteiger partial charge in [0, 0.05) is 17.0 Å². The van der Waals surface area contributed by atoms with E-state index in [9.17, 15) is 27.6 Å². The number of aromatic nitrogens is 1. The third-order valence-corrected chi connectivity index (χ3v) is 6.64. The lowest BCUT2D eigenvalue weighted by molar-refractivity contribution is 0.341. The molecule has 0 aliphatic carbocycles. The van der Waals surface area contributed by atoms with Gasteiger partial charge in [0.25, 0.3) is 10.0 Å². The van der Waals surface area contributed by atoms with Gasteiger partial charge in [-0.2, -0.15) is 5.26 Å². The number of halogens is 2. The fourth-order valence-electron chi connectivity index (χ4n) is 3.57. The van der Waals surface area contributed by atoms with Gasteiger partial charge < -0.3 is 9.84 Å². The molecule has 0 atom stereocenters. The molecule has 0 fully saturated rings. The minimum absolute atomic E-state index is 0.0199. The summed E-state index contributed by atoms with van der Waals surface area (Å²) in [5.74, 6) is -2.53. The zero-order valence-corrected chi connectivity index (χ0v) is 17.5. The van der Waals surface area contributed by atoms with Gasteiger partial charge in [-0.3, -0.25) is 0 Å². The standard InChI is InChI=1S/C23H16F2N2O4S/c1-2-31-20-6-4-3-5-16(20)22-17-11-14(13-26)7-9-19(17)27(23(22)28)32(29,30)21-10-8-15(24)12-18(21)25/h3-12,28H,2H2,1H3. The molecule has 4 rings (SSSR count). The van der Waals surface area contributed by atoms with Crippen LogP contribution in [0.3, 0.4) is 0 Å². The predicted octanol–water partition coefficient (Wildman–Crippen LogP) is 4.80. The van der Waals surface area contributed by atoms with Crippen LogP contribution >= 0.6 is 0 Å². The molecule has 1 aromatic heterocycles. The van der Waals surface area contributed by atoms with E-state index in [2.05, 4.69) is 0 Å². The van der Waals surface area contributed by atoms with E-state index in [1.54, 1.807) is 31.2 Å². The summed E-state index contributed by atoms with van der Waals surface area (Å²) in [4.78, 5) is -0.805. The van der Waals surface area contributed by atoms with Crippen molar-refractivity contribution in [1.82, 2.24) is 3.97 Å². The minimum Gasteiger partial charge on any atom is -0.493 e. The van der Waals surface area contributed by atoms with Crippen molar-refractivity contribution in [2.75, 3.05) is 6.61 Å². The van der Waals surface area contributed by atoms with Crippen LogP contribution in [-0.4, -0.2) is 24.1 Å². The molecule has 9 heteroatoms. The first-order valence-corrected chi connectivity index (χ1v) is 10.9. The Morgan fingerprint density at radius 2 is 1.84 bits per heavy atom. The van der Waals surface area contributed by atoms with Crippen molar-refractivity contribution >= 4 is 20.9 Å². The van der Waals surface area contributed by atoms with Crippen LogP contribution in [0, 0.1) is 23.0 Å². The Morgan fingerprint density at radius 3 is 2.53 bits per heavy atom. The quantitative estimate of drug-likeness (QED) is 0.468. The Kier molecular flexibility index (Phi) is 5.32. The Labute approximate surface area is 182 Å². The lowest BCUT2D eigenvalue weighted by Gasteiger charge is -2.11.